The maximum atomic E-state index is 12.6. The summed E-state index contributed by atoms with van der Waals surface area (Å²) in [6.07, 6.45) is -2.15. The number of ketones is 1. The molecule has 3 rings (SSSR count). The topological polar surface area (TPSA) is 131 Å². The molecule has 0 spiro atoms. The molecule has 0 radical (unpaired) electrons. The third kappa shape index (κ3) is 8.86. The summed E-state index contributed by atoms with van der Waals surface area (Å²) in [5.74, 6) is -1.37. The minimum atomic E-state index is -1.19. The summed E-state index contributed by atoms with van der Waals surface area (Å²) in [4.78, 5) is 49.2. The Kier molecular flexibility index (Phi) is 10.6. The van der Waals surface area contributed by atoms with Crippen molar-refractivity contribution in [3.8, 4) is 0 Å². The summed E-state index contributed by atoms with van der Waals surface area (Å²) in [7, 11) is 1.21. The number of carbonyl (C=O) groups is 4. The number of rotatable bonds is 12. The van der Waals surface area contributed by atoms with Crippen molar-refractivity contribution in [2.24, 2.45) is 0 Å². The Balaban J connectivity index is 1.48. The van der Waals surface area contributed by atoms with E-state index in [1.807, 2.05) is 36.4 Å². The average molecular weight is 519 g/mol. The summed E-state index contributed by atoms with van der Waals surface area (Å²) < 4.78 is 9.87. The molecule has 198 valence electrons. The van der Waals surface area contributed by atoms with E-state index < -0.39 is 30.1 Å². The molecule has 38 heavy (non-hydrogen) atoms. The van der Waals surface area contributed by atoms with E-state index in [1.165, 1.54) is 7.11 Å². The number of carbonyl (C=O) groups excluding carboxylic acids is 4. The third-order valence-electron chi connectivity index (χ3n) is 5.63. The Morgan fingerprint density at radius 1 is 0.816 bits per heavy atom. The van der Waals surface area contributed by atoms with Gasteiger partial charge in [-0.25, -0.2) is 9.59 Å². The van der Waals surface area contributed by atoms with E-state index in [0.717, 1.165) is 5.56 Å². The van der Waals surface area contributed by atoms with E-state index in [0.29, 0.717) is 16.7 Å². The van der Waals surface area contributed by atoms with Gasteiger partial charge in [0.1, 0.15) is 12.6 Å². The number of amides is 2. The maximum absolute atomic E-state index is 12.6. The molecule has 0 aliphatic rings. The first-order valence-electron chi connectivity index (χ1n) is 12.0. The molecule has 0 heterocycles. The molecule has 3 aromatic carbocycles. The predicted molar refractivity (Wildman–Crippen MR) is 139 cm³/mol. The van der Waals surface area contributed by atoms with Crippen molar-refractivity contribution in [1.82, 2.24) is 10.6 Å². The van der Waals surface area contributed by atoms with Crippen molar-refractivity contribution in [1.29, 1.82) is 0 Å². The van der Waals surface area contributed by atoms with Gasteiger partial charge in [-0.1, -0.05) is 84.9 Å². The van der Waals surface area contributed by atoms with Gasteiger partial charge in [-0.2, -0.15) is 0 Å². The van der Waals surface area contributed by atoms with Crippen LogP contribution >= 0.6 is 0 Å². The maximum Gasteiger partial charge on any atom is 0.407 e. The highest BCUT2D eigenvalue weighted by Gasteiger charge is 2.23. The molecule has 0 fully saturated rings. The van der Waals surface area contributed by atoms with Crippen LogP contribution in [0, 0.1) is 0 Å². The number of ether oxygens (including phenoxy) is 2. The monoisotopic (exact) mass is 518 g/mol. The van der Waals surface area contributed by atoms with Crippen LogP contribution in [0.5, 0.6) is 0 Å². The number of aliphatic hydroxyl groups excluding tert-OH is 1. The van der Waals surface area contributed by atoms with Gasteiger partial charge in [0, 0.05) is 24.1 Å². The van der Waals surface area contributed by atoms with Gasteiger partial charge in [-0.15, -0.1) is 0 Å². The van der Waals surface area contributed by atoms with Crippen LogP contribution in [0.2, 0.25) is 0 Å². The molecule has 0 aromatic heterocycles. The summed E-state index contributed by atoms with van der Waals surface area (Å²) in [6, 6.07) is 23.7. The Hall–Kier alpha value is -4.50. The molecule has 3 aromatic rings. The SMILES string of the molecule is COC(=O)[C@@H](Cc1ccc(C(=O)c2ccccc2)cc1)NC(=O)C[C@H](O)CNC(=O)OCc1ccccc1. The molecule has 0 bridgehead atoms. The molecule has 2 amide bonds. The molecule has 0 saturated heterocycles. The zero-order chi connectivity index (χ0) is 27.3. The van der Waals surface area contributed by atoms with Gasteiger partial charge >= 0.3 is 12.1 Å². The van der Waals surface area contributed by atoms with Crippen LogP contribution in [0.3, 0.4) is 0 Å². The molecule has 0 saturated carbocycles. The number of hydrogen-bond acceptors (Lipinski definition) is 7. The number of nitrogens with one attached hydrogen (secondary N) is 2. The van der Waals surface area contributed by atoms with E-state index >= 15 is 0 Å². The van der Waals surface area contributed by atoms with E-state index in [-0.39, 0.29) is 31.8 Å². The van der Waals surface area contributed by atoms with Crippen molar-refractivity contribution in [2.75, 3.05) is 13.7 Å². The molecule has 0 aliphatic carbocycles. The van der Waals surface area contributed by atoms with E-state index in [1.54, 1.807) is 48.5 Å². The standard InChI is InChI=1S/C29H30N2O7/c1-37-28(35)25(16-20-12-14-23(15-13-20)27(34)22-10-6-3-7-11-22)31-26(33)17-24(32)18-30-29(36)38-19-21-8-4-2-5-9-21/h2-15,24-25,32H,16-19H2,1H3,(H,30,36)(H,31,33)/t24-,25+/m0/s1. The van der Waals surface area contributed by atoms with Crippen LogP contribution in [0.1, 0.15) is 33.5 Å². The van der Waals surface area contributed by atoms with Gasteiger partial charge in [0.05, 0.1) is 19.6 Å². The second-order valence-electron chi connectivity index (χ2n) is 8.54. The molecule has 2 atom stereocenters. The largest absolute Gasteiger partial charge is 0.467 e. The Bertz CT molecular complexity index is 1210. The van der Waals surface area contributed by atoms with Crippen molar-refractivity contribution in [3.05, 3.63) is 107 Å². The first-order chi connectivity index (χ1) is 18.4. The van der Waals surface area contributed by atoms with Crippen LogP contribution in [-0.2, 0) is 32.1 Å². The van der Waals surface area contributed by atoms with Gasteiger partial charge in [0.25, 0.3) is 0 Å². The van der Waals surface area contributed by atoms with Gasteiger partial charge in [0.2, 0.25) is 5.91 Å². The van der Waals surface area contributed by atoms with Gasteiger partial charge in [0.15, 0.2) is 5.78 Å². The van der Waals surface area contributed by atoms with E-state index in [4.69, 9.17) is 9.47 Å². The summed E-state index contributed by atoms with van der Waals surface area (Å²) >= 11 is 0. The number of hydrogen-bond donors (Lipinski definition) is 3. The predicted octanol–water partition coefficient (Wildman–Crippen LogP) is 2.80. The lowest BCUT2D eigenvalue weighted by atomic mass is 9.99. The summed E-state index contributed by atoms with van der Waals surface area (Å²) in [5, 5.41) is 15.1. The van der Waals surface area contributed by atoms with Crippen molar-refractivity contribution < 1.29 is 33.8 Å². The van der Waals surface area contributed by atoms with Crippen molar-refractivity contribution in [3.63, 3.8) is 0 Å². The molecular weight excluding hydrogens is 488 g/mol. The van der Waals surface area contributed by atoms with Gasteiger partial charge in [-0.05, 0) is 11.1 Å². The van der Waals surface area contributed by atoms with Crippen LogP contribution in [0.25, 0.3) is 0 Å². The molecular formula is C29H30N2O7. The number of esters is 1. The van der Waals surface area contributed by atoms with Crippen LogP contribution in [0.4, 0.5) is 4.79 Å². The second-order valence-corrected chi connectivity index (χ2v) is 8.54. The number of alkyl carbamates (subject to hydrolysis) is 1. The minimum Gasteiger partial charge on any atom is -0.467 e. The Labute approximate surface area is 220 Å². The summed E-state index contributed by atoms with van der Waals surface area (Å²) in [6.45, 7) is -0.133. The quantitative estimate of drug-likeness (QED) is 0.248. The number of benzene rings is 3. The Morgan fingerprint density at radius 2 is 1.42 bits per heavy atom. The van der Waals surface area contributed by atoms with Gasteiger partial charge < -0.3 is 25.2 Å². The Morgan fingerprint density at radius 3 is 2.05 bits per heavy atom. The summed E-state index contributed by atoms with van der Waals surface area (Å²) in [5.41, 5.74) is 2.58. The highest BCUT2D eigenvalue weighted by Crippen LogP contribution is 2.13. The normalized spacial score (nSPS) is 12.1. The molecule has 0 aliphatic heterocycles. The highest BCUT2D eigenvalue weighted by atomic mass is 16.5. The zero-order valence-corrected chi connectivity index (χ0v) is 21.0. The van der Waals surface area contributed by atoms with Crippen LogP contribution in [-0.4, -0.2) is 54.7 Å². The lowest BCUT2D eigenvalue weighted by molar-refractivity contribution is -0.145. The molecule has 9 nitrogen and oxygen atoms in total. The van der Waals surface area contributed by atoms with E-state index in [2.05, 4.69) is 10.6 Å². The highest BCUT2D eigenvalue weighted by molar-refractivity contribution is 6.08. The van der Waals surface area contributed by atoms with Crippen LogP contribution < -0.4 is 10.6 Å². The molecule has 0 unspecified atom stereocenters. The van der Waals surface area contributed by atoms with Crippen molar-refractivity contribution in [2.45, 2.75) is 31.6 Å². The third-order valence-corrected chi connectivity index (χ3v) is 5.63. The molecule has 9 heteroatoms. The first-order valence-corrected chi connectivity index (χ1v) is 12.0. The number of aliphatic hydroxyl groups is 1. The van der Waals surface area contributed by atoms with Crippen molar-refractivity contribution >= 4 is 23.8 Å². The van der Waals surface area contributed by atoms with Crippen LogP contribution in [0.15, 0.2) is 84.9 Å². The smallest absolute Gasteiger partial charge is 0.407 e. The number of methoxy groups -OCH3 is 1. The van der Waals surface area contributed by atoms with E-state index in [9.17, 15) is 24.3 Å². The fraction of sp³-hybridized carbons (Fsp3) is 0.241. The minimum absolute atomic E-state index is 0.0749. The first kappa shape index (κ1) is 28.1. The average Bonchev–Trinajstić information content (AvgIpc) is 2.95. The second kappa shape index (κ2) is 14.3. The lowest BCUT2D eigenvalue weighted by Crippen LogP contribution is -2.45. The molecule has 3 N–H and O–H groups in total. The fourth-order valence-electron chi connectivity index (χ4n) is 3.63. The fourth-order valence-corrected chi connectivity index (χ4v) is 3.63. The zero-order valence-electron chi connectivity index (χ0n) is 21.0. The lowest BCUT2D eigenvalue weighted by Gasteiger charge is -2.18. The van der Waals surface area contributed by atoms with Gasteiger partial charge in [-0.3, -0.25) is 9.59 Å².